The number of benzene rings is 2. The summed E-state index contributed by atoms with van der Waals surface area (Å²) in [6, 6.07) is 14.0. The minimum absolute atomic E-state index is 0.0374. The fourth-order valence-electron chi connectivity index (χ4n) is 2.47. The predicted molar refractivity (Wildman–Crippen MR) is 108 cm³/mol. The van der Waals surface area contributed by atoms with E-state index in [0.717, 1.165) is 22.1 Å². The lowest BCUT2D eigenvalue weighted by atomic mass is 9.97. The first-order valence-electron chi connectivity index (χ1n) is 8.47. The Morgan fingerprint density at radius 2 is 1.77 bits per heavy atom. The van der Waals surface area contributed by atoms with Gasteiger partial charge in [0.05, 0.1) is 4.90 Å². The van der Waals surface area contributed by atoms with Crippen LogP contribution in [-0.4, -0.2) is 20.9 Å². The van der Waals surface area contributed by atoms with Gasteiger partial charge in [-0.05, 0) is 48.2 Å². The molecule has 0 saturated heterocycles. The van der Waals surface area contributed by atoms with Gasteiger partial charge in [0.1, 0.15) is 0 Å². The fraction of sp³-hybridized carbons (Fsp3) is 0.316. The van der Waals surface area contributed by atoms with E-state index in [2.05, 4.69) is 39.8 Å². The zero-order chi connectivity index (χ0) is 19.2. The molecule has 140 valence electrons. The van der Waals surface area contributed by atoms with Crippen LogP contribution in [0.5, 0.6) is 0 Å². The van der Waals surface area contributed by atoms with E-state index in [-0.39, 0.29) is 23.8 Å². The van der Waals surface area contributed by atoms with Gasteiger partial charge in [-0.3, -0.25) is 4.79 Å². The van der Waals surface area contributed by atoms with Gasteiger partial charge in [-0.15, -0.1) is 0 Å². The highest BCUT2D eigenvalue weighted by atomic mass is 79.9. The number of halogens is 1. The molecule has 2 N–H and O–H groups in total. The van der Waals surface area contributed by atoms with E-state index in [0.29, 0.717) is 5.92 Å². The molecule has 0 radical (unpaired) electrons. The zero-order valence-electron chi connectivity index (χ0n) is 14.8. The molecule has 0 bridgehead atoms. The smallest absolute Gasteiger partial charge is 0.240 e. The lowest BCUT2D eigenvalue weighted by Gasteiger charge is -2.15. The van der Waals surface area contributed by atoms with Crippen molar-refractivity contribution in [1.82, 2.24) is 4.72 Å². The average Bonchev–Trinajstić information content (AvgIpc) is 2.61. The van der Waals surface area contributed by atoms with Crippen LogP contribution in [0.2, 0.25) is 0 Å². The van der Waals surface area contributed by atoms with Crippen molar-refractivity contribution < 1.29 is 13.2 Å². The Morgan fingerprint density at radius 3 is 2.42 bits per heavy atom. The Morgan fingerprint density at radius 1 is 1.12 bits per heavy atom. The first kappa shape index (κ1) is 20.6. The Bertz CT molecular complexity index is 851. The van der Waals surface area contributed by atoms with E-state index in [1.807, 2.05) is 24.3 Å². The van der Waals surface area contributed by atoms with E-state index in [1.165, 1.54) is 12.1 Å². The molecule has 0 aliphatic rings. The van der Waals surface area contributed by atoms with Crippen molar-refractivity contribution in [3.05, 3.63) is 58.6 Å². The van der Waals surface area contributed by atoms with Crippen LogP contribution < -0.4 is 10.0 Å². The number of carbonyl (C=O) groups excluding carboxylic acids is 1. The molecule has 2 aromatic carbocycles. The van der Waals surface area contributed by atoms with Crippen molar-refractivity contribution >= 4 is 37.5 Å². The van der Waals surface area contributed by atoms with E-state index in [9.17, 15) is 13.2 Å². The largest absolute Gasteiger partial charge is 0.326 e. The topological polar surface area (TPSA) is 75.3 Å². The van der Waals surface area contributed by atoms with E-state index in [1.54, 1.807) is 12.1 Å². The summed E-state index contributed by atoms with van der Waals surface area (Å²) < 4.78 is 27.7. The Hall–Kier alpha value is -1.70. The number of carbonyl (C=O) groups is 1. The van der Waals surface area contributed by atoms with Crippen LogP contribution in [0, 0.1) is 0 Å². The summed E-state index contributed by atoms with van der Waals surface area (Å²) in [4.78, 5) is 12.4. The van der Waals surface area contributed by atoms with Gasteiger partial charge in [0, 0.05) is 23.1 Å². The van der Waals surface area contributed by atoms with Crippen LogP contribution in [0.4, 0.5) is 5.69 Å². The molecular weight excluding hydrogens is 416 g/mol. The summed E-state index contributed by atoms with van der Waals surface area (Å²) in [7, 11) is -3.62. The molecule has 0 aliphatic heterocycles. The van der Waals surface area contributed by atoms with Crippen LogP contribution >= 0.6 is 15.9 Å². The number of para-hydroxylation sites is 1. The maximum Gasteiger partial charge on any atom is 0.240 e. The number of amides is 1. The summed E-state index contributed by atoms with van der Waals surface area (Å²) in [5.41, 5.74) is 1.86. The maximum absolute atomic E-state index is 12.2. The second kappa shape index (κ2) is 9.30. The van der Waals surface area contributed by atoms with Crippen molar-refractivity contribution in [3.8, 4) is 0 Å². The number of anilines is 1. The van der Waals surface area contributed by atoms with Gasteiger partial charge < -0.3 is 5.32 Å². The molecule has 5 nitrogen and oxygen atoms in total. The predicted octanol–water partition coefficient (Wildman–Crippen LogP) is 4.27. The molecule has 0 aromatic heterocycles. The number of hydrogen-bond donors (Lipinski definition) is 2. The number of sulfonamides is 1. The van der Waals surface area contributed by atoms with Crippen LogP contribution in [0.1, 0.15) is 38.2 Å². The van der Waals surface area contributed by atoms with Gasteiger partial charge in [0.15, 0.2) is 0 Å². The quantitative estimate of drug-likeness (QED) is 0.645. The van der Waals surface area contributed by atoms with Crippen molar-refractivity contribution in [1.29, 1.82) is 0 Å². The summed E-state index contributed by atoms with van der Waals surface area (Å²) in [6.45, 7) is 4.24. The van der Waals surface area contributed by atoms with E-state index in [4.69, 9.17) is 0 Å². The summed E-state index contributed by atoms with van der Waals surface area (Å²) >= 11 is 3.27. The standard InChI is InChI=1S/C19H23BrN2O3S/c1-3-14(2)17-6-4-5-7-18(17)22-19(23)12-13-21-26(24,25)16-10-8-15(20)9-11-16/h4-11,14,21H,3,12-13H2,1-2H3,(H,22,23). The molecule has 0 aliphatic carbocycles. The third-order valence-electron chi connectivity index (χ3n) is 4.15. The molecule has 0 saturated carbocycles. The van der Waals surface area contributed by atoms with Gasteiger partial charge in [0.2, 0.25) is 15.9 Å². The molecule has 1 atom stereocenters. The molecule has 1 amide bonds. The van der Waals surface area contributed by atoms with Crippen molar-refractivity contribution in [3.63, 3.8) is 0 Å². The molecular formula is C19H23BrN2O3S. The van der Waals surface area contributed by atoms with Gasteiger partial charge in [0.25, 0.3) is 0 Å². The van der Waals surface area contributed by atoms with Crippen LogP contribution in [0.3, 0.4) is 0 Å². The van der Waals surface area contributed by atoms with Crippen molar-refractivity contribution in [2.45, 2.75) is 37.5 Å². The minimum atomic E-state index is -3.62. The van der Waals surface area contributed by atoms with Crippen molar-refractivity contribution in [2.75, 3.05) is 11.9 Å². The molecule has 1 unspecified atom stereocenters. The molecule has 26 heavy (non-hydrogen) atoms. The average molecular weight is 439 g/mol. The lowest BCUT2D eigenvalue weighted by molar-refractivity contribution is -0.116. The monoisotopic (exact) mass is 438 g/mol. The molecule has 0 fully saturated rings. The first-order chi connectivity index (χ1) is 12.3. The number of nitrogens with one attached hydrogen (secondary N) is 2. The minimum Gasteiger partial charge on any atom is -0.326 e. The number of rotatable bonds is 8. The molecule has 7 heteroatoms. The third kappa shape index (κ3) is 5.65. The van der Waals surface area contributed by atoms with Gasteiger partial charge in [-0.1, -0.05) is 48.0 Å². The van der Waals surface area contributed by atoms with E-state index < -0.39 is 10.0 Å². The summed E-state index contributed by atoms with van der Waals surface area (Å²) in [6.07, 6.45) is 1.03. The molecule has 0 heterocycles. The second-order valence-electron chi connectivity index (χ2n) is 6.05. The fourth-order valence-corrected chi connectivity index (χ4v) is 3.77. The SMILES string of the molecule is CCC(C)c1ccccc1NC(=O)CCNS(=O)(=O)c1ccc(Br)cc1. The lowest BCUT2D eigenvalue weighted by Crippen LogP contribution is -2.28. The molecule has 2 aromatic rings. The Balaban J connectivity index is 1.93. The van der Waals surface area contributed by atoms with E-state index >= 15 is 0 Å². The normalized spacial score (nSPS) is 12.6. The third-order valence-corrected chi connectivity index (χ3v) is 6.15. The highest BCUT2D eigenvalue weighted by Gasteiger charge is 2.15. The first-order valence-corrected chi connectivity index (χ1v) is 10.7. The number of hydrogen-bond acceptors (Lipinski definition) is 3. The van der Waals surface area contributed by atoms with Gasteiger partial charge in [-0.25, -0.2) is 13.1 Å². The second-order valence-corrected chi connectivity index (χ2v) is 8.73. The highest BCUT2D eigenvalue weighted by Crippen LogP contribution is 2.26. The zero-order valence-corrected chi connectivity index (χ0v) is 17.2. The molecule has 0 spiro atoms. The highest BCUT2D eigenvalue weighted by molar-refractivity contribution is 9.10. The van der Waals surface area contributed by atoms with Crippen LogP contribution in [-0.2, 0) is 14.8 Å². The molecule has 2 rings (SSSR count). The van der Waals surface area contributed by atoms with Gasteiger partial charge in [-0.2, -0.15) is 0 Å². The Kier molecular flexibility index (Phi) is 7.37. The van der Waals surface area contributed by atoms with Crippen LogP contribution in [0.25, 0.3) is 0 Å². The summed E-state index contributed by atoms with van der Waals surface area (Å²) in [5, 5.41) is 2.88. The Labute approximate surface area is 163 Å². The summed E-state index contributed by atoms with van der Waals surface area (Å²) in [5.74, 6) is 0.113. The van der Waals surface area contributed by atoms with Gasteiger partial charge >= 0.3 is 0 Å². The van der Waals surface area contributed by atoms with Crippen LogP contribution in [0.15, 0.2) is 57.9 Å². The van der Waals surface area contributed by atoms with Crippen molar-refractivity contribution in [2.24, 2.45) is 0 Å². The maximum atomic E-state index is 12.2.